The van der Waals surface area contributed by atoms with Crippen molar-refractivity contribution >= 4 is 0 Å². The minimum atomic E-state index is -0.0432. The minimum Gasteiger partial charge on any atom is -0.872 e. The summed E-state index contributed by atoms with van der Waals surface area (Å²) in [5, 5.41) is 36.1. The van der Waals surface area contributed by atoms with Crippen LogP contribution in [0.1, 0.15) is 16.7 Å². The Bertz CT molecular complexity index is 735. The third-order valence-corrected chi connectivity index (χ3v) is 4.10. The van der Waals surface area contributed by atoms with Crippen molar-refractivity contribution in [3.63, 3.8) is 0 Å². The molecule has 0 N–H and O–H groups in total. The summed E-state index contributed by atoms with van der Waals surface area (Å²) in [5.41, 5.74) is 1.94. The van der Waals surface area contributed by atoms with E-state index in [0.29, 0.717) is 36.3 Å². The van der Waals surface area contributed by atoms with Gasteiger partial charge in [0.15, 0.2) is 0 Å². The van der Waals surface area contributed by atoms with E-state index < -0.39 is 0 Å². The van der Waals surface area contributed by atoms with Gasteiger partial charge in [-0.15, -0.1) is 17.2 Å². The van der Waals surface area contributed by atoms with Crippen molar-refractivity contribution in [2.45, 2.75) is 19.6 Å². The van der Waals surface area contributed by atoms with E-state index >= 15 is 0 Å². The van der Waals surface area contributed by atoms with Gasteiger partial charge in [-0.2, -0.15) is 0 Å². The number of rotatable bonds is 6. The molecule has 0 saturated carbocycles. The zero-order chi connectivity index (χ0) is 17.6. The fourth-order valence-corrected chi connectivity index (χ4v) is 2.79. The summed E-state index contributed by atoms with van der Waals surface area (Å²) in [6, 6.07) is 20.5. The Morgan fingerprint density at radius 2 is 0.760 bits per heavy atom. The first-order valence-electron chi connectivity index (χ1n) is 8.10. The summed E-state index contributed by atoms with van der Waals surface area (Å²) < 4.78 is 0. The molecule has 3 aromatic rings. The standard InChI is InChI=1S/C21H21NO3/c23-19-10-4-1-7-16(19)13-22(14-17-8-2-5-11-20(17)24)15-18-9-3-6-12-21(18)25/h1-12,23-25H,13-15H2/p-3. The monoisotopic (exact) mass is 332 g/mol. The fraction of sp³-hybridized carbons (Fsp3) is 0.143. The largest absolute Gasteiger partial charge is 0.872 e. The quantitative estimate of drug-likeness (QED) is 0.693. The summed E-state index contributed by atoms with van der Waals surface area (Å²) in [7, 11) is 0. The van der Waals surface area contributed by atoms with Gasteiger partial charge in [-0.1, -0.05) is 72.8 Å². The van der Waals surface area contributed by atoms with Gasteiger partial charge in [0.05, 0.1) is 0 Å². The van der Waals surface area contributed by atoms with Gasteiger partial charge in [-0.25, -0.2) is 0 Å². The SMILES string of the molecule is [O-]c1ccccc1CN(Cc1ccccc1[O-])Cc1ccccc1[O-]. The van der Waals surface area contributed by atoms with Crippen LogP contribution in [0.2, 0.25) is 0 Å². The van der Waals surface area contributed by atoms with E-state index in [1.807, 2.05) is 23.1 Å². The Labute approximate surface area is 147 Å². The molecule has 0 aliphatic rings. The predicted octanol–water partition coefficient (Wildman–Crippen LogP) is 2.11. The third-order valence-electron chi connectivity index (χ3n) is 4.10. The molecule has 3 rings (SSSR count). The molecule has 0 bridgehead atoms. The van der Waals surface area contributed by atoms with Crippen LogP contribution in [0, 0.1) is 0 Å². The molecule has 0 unspecified atom stereocenters. The summed E-state index contributed by atoms with van der Waals surface area (Å²) in [4.78, 5) is 1.95. The van der Waals surface area contributed by atoms with Gasteiger partial charge in [0.25, 0.3) is 0 Å². The highest BCUT2D eigenvalue weighted by molar-refractivity contribution is 5.34. The summed E-state index contributed by atoms with van der Waals surface area (Å²) in [5.74, 6) is -0.130. The zero-order valence-corrected chi connectivity index (χ0v) is 13.7. The van der Waals surface area contributed by atoms with E-state index in [-0.39, 0.29) is 17.2 Å². The van der Waals surface area contributed by atoms with Crippen LogP contribution in [-0.4, -0.2) is 4.90 Å². The highest BCUT2D eigenvalue weighted by Gasteiger charge is 2.10. The second kappa shape index (κ2) is 7.73. The first-order chi connectivity index (χ1) is 12.1. The maximum atomic E-state index is 12.0. The molecule has 0 aliphatic heterocycles. The van der Waals surface area contributed by atoms with Gasteiger partial charge < -0.3 is 15.3 Å². The zero-order valence-electron chi connectivity index (χ0n) is 13.7. The van der Waals surface area contributed by atoms with Crippen molar-refractivity contribution in [2.75, 3.05) is 0 Å². The smallest absolute Gasteiger partial charge is 0.0234 e. The van der Waals surface area contributed by atoms with Gasteiger partial charge in [-0.3, -0.25) is 4.90 Å². The molecule has 0 heterocycles. The molecule has 0 saturated heterocycles. The van der Waals surface area contributed by atoms with Crippen LogP contribution in [0.25, 0.3) is 0 Å². The molecular formula is C21H18NO3-3. The van der Waals surface area contributed by atoms with Crippen molar-refractivity contribution in [2.24, 2.45) is 0 Å². The molecule has 3 aromatic carbocycles. The van der Waals surface area contributed by atoms with Gasteiger partial charge in [0.2, 0.25) is 0 Å². The highest BCUT2D eigenvalue weighted by Crippen LogP contribution is 2.23. The Balaban J connectivity index is 1.86. The van der Waals surface area contributed by atoms with Gasteiger partial charge in [-0.05, 0) is 16.7 Å². The number of para-hydroxylation sites is 3. The molecule has 0 radical (unpaired) electrons. The van der Waals surface area contributed by atoms with Crippen LogP contribution < -0.4 is 15.3 Å². The third kappa shape index (κ3) is 4.31. The molecular weight excluding hydrogens is 314 g/mol. The topological polar surface area (TPSA) is 72.4 Å². The molecule has 0 aliphatic carbocycles. The van der Waals surface area contributed by atoms with Gasteiger partial charge in [0, 0.05) is 19.6 Å². The van der Waals surface area contributed by atoms with E-state index in [1.165, 1.54) is 18.2 Å². The van der Waals surface area contributed by atoms with Crippen molar-refractivity contribution in [3.8, 4) is 17.2 Å². The van der Waals surface area contributed by atoms with Crippen molar-refractivity contribution < 1.29 is 15.3 Å². The van der Waals surface area contributed by atoms with Crippen LogP contribution in [0.4, 0.5) is 0 Å². The van der Waals surface area contributed by atoms with Gasteiger partial charge in [0.1, 0.15) is 0 Å². The molecule has 0 fully saturated rings. The molecule has 4 nitrogen and oxygen atoms in total. The van der Waals surface area contributed by atoms with E-state index in [1.54, 1.807) is 36.4 Å². The summed E-state index contributed by atoms with van der Waals surface area (Å²) in [6.07, 6.45) is 0. The number of nitrogens with zero attached hydrogens (tertiary/aromatic N) is 1. The summed E-state index contributed by atoms with van der Waals surface area (Å²) >= 11 is 0. The van der Waals surface area contributed by atoms with Crippen LogP contribution in [0.15, 0.2) is 72.8 Å². The van der Waals surface area contributed by atoms with Crippen molar-refractivity contribution in [1.29, 1.82) is 0 Å². The fourth-order valence-electron chi connectivity index (χ4n) is 2.79. The highest BCUT2D eigenvalue weighted by atomic mass is 16.3. The maximum Gasteiger partial charge on any atom is 0.0234 e. The lowest BCUT2D eigenvalue weighted by molar-refractivity contribution is -0.269. The average Bonchev–Trinajstić information content (AvgIpc) is 2.61. The van der Waals surface area contributed by atoms with Crippen LogP contribution in [0.5, 0.6) is 17.2 Å². The van der Waals surface area contributed by atoms with Crippen LogP contribution in [-0.2, 0) is 19.6 Å². The van der Waals surface area contributed by atoms with E-state index in [2.05, 4.69) is 0 Å². The van der Waals surface area contributed by atoms with Crippen molar-refractivity contribution in [1.82, 2.24) is 4.90 Å². The van der Waals surface area contributed by atoms with Crippen LogP contribution >= 0.6 is 0 Å². The molecule has 0 amide bonds. The Morgan fingerprint density at radius 3 is 1.04 bits per heavy atom. The minimum absolute atomic E-state index is 0.0432. The second-order valence-electron chi connectivity index (χ2n) is 5.97. The molecule has 128 valence electrons. The van der Waals surface area contributed by atoms with E-state index in [0.717, 1.165) is 0 Å². The maximum absolute atomic E-state index is 12.0. The van der Waals surface area contributed by atoms with Crippen LogP contribution in [0.3, 0.4) is 0 Å². The second-order valence-corrected chi connectivity index (χ2v) is 5.97. The lowest BCUT2D eigenvalue weighted by Gasteiger charge is -2.28. The molecule has 0 aromatic heterocycles. The van der Waals surface area contributed by atoms with Gasteiger partial charge >= 0.3 is 0 Å². The number of benzene rings is 3. The van der Waals surface area contributed by atoms with Crippen molar-refractivity contribution in [3.05, 3.63) is 89.5 Å². The first-order valence-corrected chi connectivity index (χ1v) is 8.10. The summed E-state index contributed by atoms with van der Waals surface area (Å²) in [6.45, 7) is 1.13. The average molecular weight is 332 g/mol. The Morgan fingerprint density at radius 1 is 0.480 bits per heavy atom. The normalized spacial score (nSPS) is 10.9. The number of hydrogen-bond donors (Lipinski definition) is 0. The first kappa shape index (κ1) is 16.9. The Hall–Kier alpha value is -2.98. The van der Waals surface area contributed by atoms with E-state index in [9.17, 15) is 15.3 Å². The molecule has 4 heteroatoms. The molecule has 25 heavy (non-hydrogen) atoms. The molecule has 0 atom stereocenters. The lowest BCUT2D eigenvalue weighted by atomic mass is 10.1. The predicted molar refractivity (Wildman–Crippen MR) is 90.6 cm³/mol. The Kier molecular flexibility index (Phi) is 5.21. The van der Waals surface area contributed by atoms with E-state index in [4.69, 9.17) is 0 Å². The lowest BCUT2D eigenvalue weighted by Crippen LogP contribution is -2.24. The molecule has 0 spiro atoms. The number of hydrogen-bond acceptors (Lipinski definition) is 4.